The number of piperidine rings is 1. The third-order valence-corrected chi connectivity index (χ3v) is 5.12. The molecule has 0 bridgehead atoms. The average molecular weight is 424 g/mol. The lowest BCUT2D eigenvalue weighted by Crippen LogP contribution is -2.38. The highest BCUT2D eigenvalue weighted by atomic mass is 127. The molecule has 1 aliphatic heterocycles. The Morgan fingerprint density at radius 1 is 1.26 bits per heavy atom. The first-order valence-electron chi connectivity index (χ1n) is 7.45. The first-order valence-corrected chi connectivity index (χ1v) is 8.53. The number of aromatic amines is 1. The second-order valence-electron chi connectivity index (χ2n) is 5.62. The zero-order valence-electron chi connectivity index (χ0n) is 12.5. The second kappa shape index (κ2) is 6.69. The quantitative estimate of drug-likeness (QED) is 0.740. The van der Waals surface area contributed by atoms with Gasteiger partial charge < -0.3 is 10.6 Å². The molecule has 0 spiro atoms. The number of likely N-dealkylation sites (tertiary alicyclic amines) is 1. The molecule has 1 aliphatic rings. The SMILES string of the molecule is NC(=O)c1cc(C2CCN(C(=O)c3ccccc3I)CC2)[nH]n1. The summed E-state index contributed by atoms with van der Waals surface area (Å²) in [6.45, 7) is 1.39. The number of rotatable bonds is 3. The fourth-order valence-electron chi connectivity index (χ4n) is 2.87. The van der Waals surface area contributed by atoms with E-state index in [2.05, 4.69) is 32.8 Å². The van der Waals surface area contributed by atoms with E-state index in [0.717, 1.165) is 27.7 Å². The van der Waals surface area contributed by atoms with E-state index >= 15 is 0 Å². The Morgan fingerprint density at radius 3 is 2.57 bits per heavy atom. The van der Waals surface area contributed by atoms with Gasteiger partial charge in [0.05, 0.1) is 5.56 Å². The minimum atomic E-state index is -0.529. The molecular weight excluding hydrogens is 407 g/mol. The first kappa shape index (κ1) is 16.0. The van der Waals surface area contributed by atoms with Gasteiger partial charge in [-0.1, -0.05) is 12.1 Å². The van der Waals surface area contributed by atoms with Gasteiger partial charge in [0, 0.05) is 28.3 Å². The Labute approximate surface area is 147 Å². The van der Waals surface area contributed by atoms with Crippen LogP contribution in [0.2, 0.25) is 0 Å². The minimum Gasteiger partial charge on any atom is -0.364 e. The van der Waals surface area contributed by atoms with Crippen LogP contribution in [0.15, 0.2) is 30.3 Å². The predicted molar refractivity (Wildman–Crippen MR) is 94.1 cm³/mol. The van der Waals surface area contributed by atoms with E-state index in [1.165, 1.54) is 0 Å². The summed E-state index contributed by atoms with van der Waals surface area (Å²) in [7, 11) is 0. The molecule has 7 heteroatoms. The molecule has 1 aromatic carbocycles. The normalized spacial score (nSPS) is 15.6. The standard InChI is InChI=1S/C16H17IN4O2/c17-12-4-2-1-3-11(12)16(23)21-7-5-10(6-8-21)13-9-14(15(18)22)20-19-13/h1-4,9-10H,5-8H2,(H2,18,22)(H,19,20). The molecular formula is C16H17IN4O2. The number of nitrogens with zero attached hydrogens (tertiary/aromatic N) is 2. The zero-order chi connectivity index (χ0) is 16.4. The number of carbonyl (C=O) groups is 2. The summed E-state index contributed by atoms with van der Waals surface area (Å²) in [5.74, 6) is -0.177. The van der Waals surface area contributed by atoms with Crippen LogP contribution in [-0.2, 0) is 0 Å². The van der Waals surface area contributed by atoms with Crippen LogP contribution in [0.5, 0.6) is 0 Å². The summed E-state index contributed by atoms with van der Waals surface area (Å²) in [4.78, 5) is 25.6. The van der Waals surface area contributed by atoms with Gasteiger partial charge in [-0.3, -0.25) is 14.7 Å². The molecule has 1 saturated heterocycles. The van der Waals surface area contributed by atoms with Crippen LogP contribution < -0.4 is 5.73 Å². The van der Waals surface area contributed by atoms with Crippen molar-refractivity contribution in [3.8, 4) is 0 Å². The summed E-state index contributed by atoms with van der Waals surface area (Å²) < 4.78 is 0.969. The van der Waals surface area contributed by atoms with E-state index in [1.807, 2.05) is 29.2 Å². The van der Waals surface area contributed by atoms with E-state index < -0.39 is 5.91 Å². The number of nitrogens with two attached hydrogens (primary N) is 1. The number of nitrogens with one attached hydrogen (secondary N) is 1. The molecule has 1 fully saturated rings. The van der Waals surface area contributed by atoms with E-state index in [1.54, 1.807) is 6.07 Å². The summed E-state index contributed by atoms with van der Waals surface area (Å²) in [6, 6.07) is 9.34. The number of aromatic nitrogens is 2. The summed E-state index contributed by atoms with van der Waals surface area (Å²) in [6.07, 6.45) is 1.69. The Balaban J connectivity index is 1.65. The van der Waals surface area contributed by atoms with Crippen LogP contribution in [-0.4, -0.2) is 40.0 Å². The zero-order valence-corrected chi connectivity index (χ0v) is 14.6. The fourth-order valence-corrected chi connectivity index (χ4v) is 3.49. The van der Waals surface area contributed by atoms with E-state index in [4.69, 9.17) is 5.73 Å². The van der Waals surface area contributed by atoms with E-state index in [9.17, 15) is 9.59 Å². The van der Waals surface area contributed by atoms with Gasteiger partial charge in [-0.2, -0.15) is 5.10 Å². The Kier molecular flexibility index (Phi) is 4.65. The molecule has 3 rings (SSSR count). The van der Waals surface area contributed by atoms with Gasteiger partial charge in [0.1, 0.15) is 5.69 Å². The smallest absolute Gasteiger partial charge is 0.269 e. The average Bonchev–Trinajstić information content (AvgIpc) is 3.05. The fraction of sp³-hybridized carbons (Fsp3) is 0.312. The van der Waals surface area contributed by atoms with Crippen molar-refractivity contribution < 1.29 is 9.59 Å². The van der Waals surface area contributed by atoms with Crippen molar-refractivity contribution in [1.29, 1.82) is 0 Å². The van der Waals surface area contributed by atoms with Crippen molar-refractivity contribution in [2.75, 3.05) is 13.1 Å². The van der Waals surface area contributed by atoms with Crippen molar-refractivity contribution in [3.63, 3.8) is 0 Å². The number of hydrogen-bond donors (Lipinski definition) is 2. The van der Waals surface area contributed by atoms with Crippen molar-refractivity contribution in [3.05, 3.63) is 50.9 Å². The van der Waals surface area contributed by atoms with Gasteiger partial charge in [0.25, 0.3) is 11.8 Å². The van der Waals surface area contributed by atoms with Crippen molar-refractivity contribution in [2.45, 2.75) is 18.8 Å². The third-order valence-electron chi connectivity index (χ3n) is 4.18. The van der Waals surface area contributed by atoms with Gasteiger partial charge >= 0.3 is 0 Å². The molecule has 1 aromatic heterocycles. The number of carbonyl (C=O) groups excluding carboxylic acids is 2. The molecule has 0 unspecified atom stereocenters. The van der Waals surface area contributed by atoms with Gasteiger partial charge in [0.15, 0.2) is 0 Å². The maximum Gasteiger partial charge on any atom is 0.269 e. The second-order valence-corrected chi connectivity index (χ2v) is 6.78. The molecule has 6 nitrogen and oxygen atoms in total. The minimum absolute atomic E-state index is 0.0795. The van der Waals surface area contributed by atoms with Crippen LogP contribution in [0.1, 0.15) is 45.3 Å². The van der Waals surface area contributed by atoms with Gasteiger partial charge in [-0.05, 0) is 53.6 Å². The van der Waals surface area contributed by atoms with Crippen LogP contribution in [0.4, 0.5) is 0 Å². The van der Waals surface area contributed by atoms with E-state index in [0.29, 0.717) is 13.1 Å². The monoisotopic (exact) mass is 424 g/mol. The molecule has 0 aliphatic carbocycles. The molecule has 2 amide bonds. The lowest BCUT2D eigenvalue weighted by molar-refractivity contribution is 0.0711. The maximum atomic E-state index is 12.6. The van der Waals surface area contributed by atoms with Gasteiger partial charge in [-0.25, -0.2) is 0 Å². The molecule has 2 heterocycles. The highest BCUT2D eigenvalue weighted by Gasteiger charge is 2.26. The van der Waals surface area contributed by atoms with Crippen molar-refractivity contribution in [1.82, 2.24) is 15.1 Å². The Hall–Kier alpha value is -1.90. The number of halogens is 1. The first-order chi connectivity index (χ1) is 11.1. The van der Waals surface area contributed by atoms with Crippen molar-refractivity contribution >= 4 is 34.4 Å². The molecule has 23 heavy (non-hydrogen) atoms. The largest absolute Gasteiger partial charge is 0.364 e. The van der Waals surface area contributed by atoms with Crippen LogP contribution >= 0.6 is 22.6 Å². The Bertz CT molecular complexity index is 735. The predicted octanol–water partition coefficient (Wildman–Crippen LogP) is 2.13. The molecule has 0 saturated carbocycles. The highest BCUT2D eigenvalue weighted by Crippen LogP contribution is 2.28. The molecule has 0 radical (unpaired) electrons. The number of hydrogen-bond acceptors (Lipinski definition) is 3. The van der Waals surface area contributed by atoms with Gasteiger partial charge in [0.2, 0.25) is 0 Å². The van der Waals surface area contributed by atoms with Crippen LogP contribution in [0, 0.1) is 3.57 Å². The summed E-state index contributed by atoms with van der Waals surface area (Å²) in [5.41, 5.74) is 7.15. The van der Waals surface area contributed by atoms with E-state index in [-0.39, 0.29) is 17.5 Å². The maximum absolute atomic E-state index is 12.6. The molecule has 120 valence electrons. The summed E-state index contributed by atoms with van der Waals surface area (Å²) >= 11 is 2.19. The molecule has 3 N–H and O–H groups in total. The number of H-pyrrole nitrogens is 1. The summed E-state index contributed by atoms with van der Waals surface area (Å²) in [5, 5.41) is 6.81. The van der Waals surface area contributed by atoms with Crippen molar-refractivity contribution in [2.24, 2.45) is 5.73 Å². The number of amides is 2. The lowest BCUT2D eigenvalue weighted by Gasteiger charge is -2.31. The molecule has 2 aromatic rings. The highest BCUT2D eigenvalue weighted by molar-refractivity contribution is 14.1. The number of primary amides is 1. The van der Waals surface area contributed by atoms with Gasteiger partial charge in [-0.15, -0.1) is 0 Å². The third kappa shape index (κ3) is 3.39. The topological polar surface area (TPSA) is 92.1 Å². The number of benzene rings is 1. The van der Waals surface area contributed by atoms with Crippen LogP contribution in [0.25, 0.3) is 0 Å². The Morgan fingerprint density at radius 2 is 1.96 bits per heavy atom. The lowest BCUT2D eigenvalue weighted by atomic mass is 9.93. The van der Waals surface area contributed by atoms with Crippen LogP contribution in [0.3, 0.4) is 0 Å². The molecule has 0 atom stereocenters.